The fraction of sp³-hybridized carbons (Fsp3) is 0.312. The standard InChI is InChI=1S/C16H19N3O/c1-13-8-9-16(20-13)15(12-18)19(11-5-10-17)14-6-3-2-4-7-14/h2-4,6-9,15H,5,11-12,18H2,1H3. The van der Waals surface area contributed by atoms with E-state index in [1.54, 1.807) is 0 Å². The topological polar surface area (TPSA) is 66.2 Å². The molecule has 0 spiro atoms. The van der Waals surface area contributed by atoms with E-state index in [1.807, 2.05) is 49.4 Å². The molecule has 0 saturated heterocycles. The molecular weight excluding hydrogens is 250 g/mol. The second kappa shape index (κ2) is 6.78. The summed E-state index contributed by atoms with van der Waals surface area (Å²) in [6.07, 6.45) is 0.449. The Bertz CT molecular complexity index is 571. The number of anilines is 1. The lowest BCUT2D eigenvalue weighted by Gasteiger charge is -2.31. The van der Waals surface area contributed by atoms with Crippen molar-refractivity contribution in [2.75, 3.05) is 18.0 Å². The van der Waals surface area contributed by atoms with Crippen LogP contribution < -0.4 is 10.6 Å². The van der Waals surface area contributed by atoms with Gasteiger partial charge in [0.15, 0.2) is 0 Å². The summed E-state index contributed by atoms with van der Waals surface area (Å²) >= 11 is 0. The molecule has 0 bridgehead atoms. The minimum Gasteiger partial charge on any atom is -0.464 e. The minimum absolute atomic E-state index is 0.0561. The van der Waals surface area contributed by atoms with Gasteiger partial charge in [-0.05, 0) is 31.2 Å². The van der Waals surface area contributed by atoms with Crippen LogP contribution in [0.2, 0.25) is 0 Å². The molecule has 2 rings (SSSR count). The minimum atomic E-state index is -0.0561. The molecule has 0 aliphatic carbocycles. The van der Waals surface area contributed by atoms with Gasteiger partial charge in [-0.25, -0.2) is 0 Å². The highest BCUT2D eigenvalue weighted by atomic mass is 16.3. The van der Waals surface area contributed by atoms with Crippen LogP contribution in [0.1, 0.15) is 24.0 Å². The summed E-state index contributed by atoms with van der Waals surface area (Å²) in [5.74, 6) is 1.71. The van der Waals surface area contributed by atoms with Crippen LogP contribution in [0.5, 0.6) is 0 Å². The van der Waals surface area contributed by atoms with E-state index in [9.17, 15) is 0 Å². The molecule has 1 unspecified atom stereocenters. The van der Waals surface area contributed by atoms with Crippen LogP contribution in [0.3, 0.4) is 0 Å². The first-order valence-corrected chi connectivity index (χ1v) is 6.71. The molecule has 104 valence electrons. The van der Waals surface area contributed by atoms with Gasteiger partial charge in [0, 0.05) is 18.8 Å². The Kier molecular flexibility index (Phi) is 4.80. The third-order valence-electron chi connectivity index (χ3n) is 3.24. The van der Waals surface area contributed by atoms with Crippen LogP contribution in [-0.4, -0.2) is 13.1 Å². The Labute approximate surface area is 119 Å². The maximum atomic E-state index is 8.86. The van der Waals surface area contributed by atoms with Crippen molar-refractivity contribution in [2.24, 2.45) is 5.73 Å². The maximum absolute atomic E-state index is 8.86. The third kappa shape index (κ3) is 3.19. The highest BCUT2D eigenvalue weighted by molar-refractivity contribution is 5.48. The second-order valence-corrected chi connectivity index (χ2v) is 4.64. The smallest absolute Gasteiger partial charge is 0.127 e. The summed E-state index contributed by atoms with van der Waals surface area (Å²) in [6, 6.07) is 16.0. The van der Waals surface area contributed by atoms with Gasteiger partial charge in [-0.2, -0.15) is 5.26 Å². The number of hydrogen-bond donors (Lipinski definition) is 1. The summed E-state index contributed by atoms with van der Waals surface area (Å²) in [7, 11) is 0. The van der Waals surface area contributed by atoms with Gasteiger partial charge in [0.25, 0.3) is 0 Å². The van der Waals surface area contributed by atoms with Crippen molar-refractivity contribution in [3.8, 4) is 6.07 Å². The maximum Gasteiger partial charge on any atom is 0.127 e. The Morgan fingerprint density at radius 2 is 2.00 bits per heavy atom. The summed E-state index contributed by atoms with van der Waals surface area (Å²) in [4.78, 5) is 2.13. The van der Waals surface area contributed by atoms with Gasteiger partial charge in [-0.1, -0.05) is 18.2 Å². The fourth-order valence-electron chi connectivity index (χ4n) is 2.28. The fourth-order valence-corrected chi connectivity index (χ4v) is 2.28. The monoisotopic (exact) mass is 269 g/mol. The Morgan fingerprint density at radius 1 is 1.25 bits per heavy atom. The third-order valence-corrected chi connectivity index (χ3v) is 3.24. The molecule has 4 nitrogen and oxygen atoms in total. The van der Waals surface area contributed by atoms with E-state index in [0.717, 1.165) is 17.2 Å². The number of nitrogens with two attached hydrogens (primary N) is 1. The zero-order valence-electron chi connectivity index (χ0n) is 11.6. The van der Waals surface area contributed by atoms with Crippen molar-refractivity contribution in [1.29, 1.82) is 5.26 Å². The average Bonchev–Trinajstić information content (AvgIpc) is 2.90. The molecule has 4 heteroatoms. The normalized spacial score (nSPS) is 11.8. The van der Waals surface area contributed by atoms with Crippen LogP contribution in [0.15, 0.2) is 46.9 Å². The SMILES string of the molecule is Cc1ccc(C(CN)N(CCC#N)c2ccccc2)o1. The Morgan fingerprint density at radius 3 is 2.55 bits per heavy atom. The average molecular weight is 269 g/mol. The number of hydrogen-bond acceptors (Lipinski definition) is 4. The van der Waals surface area contributed by atoms with Gasteiger partial charge in [0.05, 0.1) is 18.5 Å². The zero-order chi connectivity index (χ0) is 14.4. The van der Waals surface area contributed by atoms with Gasteiger partial charge in [-0.15, -0.1) is 0 Å². The van der Waals surface area contributed by atoms with Gasteiger partial charge < -0.3 is 15.1 Å². The summed E-state index contributed by atoms with van der Waals surface area (Å²) in [5, 5.41) is 8.86. The van der Waals surface area contributed by atoms with Gasteiger partial charge in [0.2, 0.25) is 0 Å². The summed E-state index contributed by atoms with van der Waals surface area (Å²) in [5.41, 5.74) is 6.99. The summed E-state index contributed by atoms with van der Waals surface area (Å²) in [6.45, 7) is 2.98. The molecule has 1 heterocycles. The molecule has 0 fully saturated rings. The first kappa shape index (κ1) is 14.2. The number of benzene rings is 1. The molecule has 1 atom stereocenters. The van der Waals surface area contributed by atoms with E-state index in [4.69, 9.17) is 15.4 Å². The predicted octanol–water partition coefficient (Wildman–Crippen LogP) is 3.01. The quantitative estimate of drug-likeness (QED) is 0.875. The van der Waals surface area contributed by atoms with E-state index in [2.05, 4.69) is 11.0 Å². The lowest BCUT2D eigenvalue weighted by molar-refractivity contribution is 0.434. The highest BCUT2D eigenvalue weighted by Crippen LogP contribution is 2.27. The lowest BCUT2D eigenvalue weighted by atomic mass is 10.1. The van der Waals surface area contributed by atoms with E-state index < -0.39 is 0 Å². The lowest BCUT2D eigenvalue weighted by Crippen LogP contribution is -2.34. The van der Waals surface area contributed by atoms with Crippen LogP contribution in [0.25, 0.3) is 0 Å². The molecule has 2 N–H and O–H groups in total. The molecule has 0 saturated carbocycles. The molecule has 0 aliphatic heterocycles. The van der Waals surface area contributed by atoms with Gasteiger partial charge in [-0.3, -0.25) is 0 Å². The van der Waals surface area contributed by atoms with Crippen molar-refractivity contribution in [2.45, 2.75) is 19.4 Å². The highest BCUT2D eigenvalue weighted by Gasteiger charge is 2.22. The van der Waals surface area contributed by atoms with Gasteiger partial charge in [0.1, 0.15) is 11.5 Å². The molecule has 0 amide bonds. The molecule has 0 aliphatic rings. The Balaban J connectivity index is 2.31. The molecule has 1 aromatic heterocycles. The molecular formula is C16H19N3O. The van der Waals surface area contributed by atoms with Gasteiger partial charge >= 0.3 is 0 Å². The number of furan rings is 1. The van der Waals surface area contributed by atoms with E-state index in [-0.39, 0.29) is 6.04 Å². The summed E-state index contributed by atoms with van der Waals surface area (Å²) < 4.78 is 5.71. The molecule has 2 aromatic rings. The Hall–Kier alpha value is -2.25. The zero-order valence-corrected chi connectivity index (χ0v) is 11.6. The van der Waals surface area contributed by atoms with E-state index >= 15 is 0 Å². The largest absolute Gasteiger partial charge is 0.464 e. The van der Waals surface area contributed by atoms with Crippen LogP contribution >= 0.6 is 0 Å². The molecule has 1 aromatic carbocycles. The van der Waals surface area contributed by atoms with Crippen molar-refractivity contribution >= 4 is 5.69 Å². The number of rotatable bonds is 6. The van der Waals surface area contributed by atoms with E-state index in [0.29, 0.717) is 19.5 Å². The number of para-hydroxylation sites is 1. The number of nitrogens with zero attached hydrogens (tertiary/aromatic N) is 2. The van der Waals surface area contributed by atoms with Crippen LogP contribution in [0, 0.1) is 18.3 Å². The van der Waals surface area contributed by atoms with E-state index in [1.165, 1.54) is 0 Å². The number of aryl methyl sites for hydroxylation is 1. The number of nitriles is 1. The van der Waals surface area contributed by atoms with Crippen molar-refractivity contribution < 1.29 is 4.42 Å². The first-order valence-electron chi connectivity index (χ1n) is 6.71. The van der Waals surface area contributed by atoms with Crippen molar-refractivity contribution in [3.05, 3.63) is 54.0 Å². The first-order chi connectivity index (χ1) is 9.76. The van der Waals surface area contributed by atoms with Crippen LogP contribution in [0.4, 0.5) is 5.69 Å². The van der Waals surface area contributed by atoms with Crippen LogP contribution in [-0.2, 0) is 0 Å². The molecule has 0 radical (unpaired) electrons. The molecule has 20 heavy (non-hydrogen) atoms. The predicted molar refractivity (Wildman–Crippen MR) is 79.3 cm³/mol. The van der Waals surface area contributed by atoms with Crippen molar-refractivity contribution in [1.82, 2.24) is 0 Å². The van der Waals surface area contributed by atoms with Crippen molar-refractivity contribution in [3.63, 3.8) is 0 Å². The second-order valence-electron chi connectivity index (χ2n) is 4.64.